The second-order valence-corrected chi connectivity index (χ2v) is 7.10. The van der Waals surface area contributed by atoms with Crippen molar-refractivity contribution in [1.29, 1.82) is 0 Å². The first kappa shape index (κ1) is 13.0. The van der Waals surface area contributed by atoms with E-state index in [0.29, 0.717) is 11.6 Å². The number of likely N-dealkylation sites (N-methyl/N-ethyl adjacent to an activating group) is 1. The molecule has 1 saturated carbocycles. The summed E-state index contributed by atoms with van der Waals surface area (Å²) < 4.78 is 23.1. The summed E-state index contributed by atoms with van der Waals surface area (Å²) in [6.07, 6.45) is 3.99. The molecule has 1 aliphatic carbocycles. The fraction of sp³-hybridized carbons (Fsp3) is 0.800. The third-order valence-electron chi connectivity index (χ3n) is 2.95. The molecule has 0 saturated heterocycles. The van der Waals surface area contributed by atoms with E-state index in [1.165, 1.54) is 6.26 Å². The van der Waals surface area contributed by atoms with Crippen LogP contribution in [0.3, 0.4) is 0 Å². The predicted octanol–water partition coefficient (Wildman–Crippen LogP) is 1.64. The number of rotatable bonds is 4. The Kier molecular flexibility index (Phi) is 4.20. The van der Waals surface area contributed by atoms with Crippen LogP contribution in [0.1, 0.15) is 19.3 Å². The van der Waals surface area contributed by atoms with E-state index in [1.54, 1.807) is 0 Å². The number of hydrogen-bond donors (Lipinski definition) is 0. The largest absolute Gasteiger partial charge is 0.297 e. The van der Waals surface area contributed by atoms with Crippen LogP contribution < -0.4 is 0 Å². The summed E-state index contributed by atoms with van der Waals surface area (Å²) in [7, 11) is -1.04. The highest BCUT2D eigenvalue weighted by molar-refractivity contribution is 7.91. The Morgan fingerprint density at radius 1 is 1.53 bits per heavy atom. The number of sulfone groups is 1. The summed E-state index contributed by atoms with van der Waals surface area (Å²) in [5.74, 6) is 0. The van der Waals surface area contributed by atoms with Crippen molar-refractivity contribution in [2.45, 2.75) is 30.6 Å². The van der Waals surface area contributed by atoms with Crippen LogP contribution in [0.5, 0.6) is 0 Å². The van der Waals surface area contributed by atoms with Gasteiger partial charge < -0.3 is 0 Å². The highest BCUT2D eigenvalue weighted by Gasteiger charge is 2.36. The molecule has 0 aromatic rings. The Morgan fingerprint density at radius 2 is 2.13 bits per heavy atom. The molecular formula is C10H18ClNO2S. The molecule has 0 spiro atoms. The maximum Gasteiger partial charge on any atom is 0.151 e. The first-order valence-electron chi connectivity index (χ1n) is 5.04. The average molecular weight is 252 g/mol. The van der Waals surface area contributed by atoms with Gasteiger partial charge in [-0.3, -0.25) is 4.90 Å². The third kappa shape index (κ3) is 3.47. The van der Waals surface area contributed by atoms with E-state index in [2.05, 4.69) is 6.58 Å². The van der Waals surface area contributed by atoms with E-state index in [0.717, 1.165) is 19.3 Å². The number of halogens is 1. The Hall–Kier alpha value is -0.0600. The molecule has 2 unspecified atom stereocenters. The number of hydrogen-bond acceptors (Lipinski definition) is 3. The molecule has 1 aliphatic rings. The van der Waals surface area contributed by atoms with E-state index in [9.17, 15) is 8.42 Å². The predicted molar refractivity (Wildman–Crippen MR) is 63.9 cm³/mol. The quantitative estimate of drug-likeness (QED) is 0.762. The fourth-order valence-electron chi connectivity index (χ4n) is 2.30. The van der Waals surface area contributed by atoms with Crippen molar-refractivity contribution in [1.82, 2.24) is 4.90 Å². The van der Waals surface area contributed by atoms with E-state index < -0.39 is 9.84 Å². The molecule has 0 bridgehead atoms. The summed E-state index contributed by atoms with van der Waals surface area (Å²) in [5.41, 5.74) is 0. The van der Waals surface area contributed by atoms with Crippen molar-refractivity contribution in [3.63, 3.8) is 0 Å². The van der Waals surface area contributed by atoms with Crippen molar-refractivity contribution in [2.75, 3.05) is 19.8 Å². The highest BCUT2D eigenvalue weighted by Crippen LogP contribution is 2.29. The second kappa shape index (κ2) is 4.85. The SMILES string of the molecule is C=C(Cl)CN(C)C1CCCC1S(C)(=O)=O. The summed E-state index contributed by atoms with van der Waals surface area (Å²) in [4.78, 5) is 1.99. The molecule has 5 heteroatoms. The minimum absolute atomic E-state index is 0.0931. The zero-order valence-electron chi connectivity index (χ0n) is 9.24. The summed E-state index contributed by atoms with van der Waals surface area (Å²) in [5, 5.41) is 0.315. The minimum Gasteiger partial charge on any atom is -0.297 e. The minimum atomic E-state index is -2.95. The van der Waals surface area contributed by atoms with Crippen molar-refractivity contribution >= 4 is 21.4 Å². The van der Waals surface area contributed by atoms with Gasteiger partial charge in [-0.1, -0.05) is 24.6 Å². The van der Waals surface area contributed by atoms with Gasteiger partial charge in [-0.25, -0.2) is 8.42 Å². The normalized spacial score (nSPS) is 27.2. The Labute approximate surface area is 97.0 Å². The fourth-order valence-corrected chi connectivity index (χ4v) is 4.00. The van der Waals surface area contributed by atoms with Gasteiger partial charge in [-0.05, 0) is 19.9 Å². The van der Waals surface area contributed by atoms with Gasteiger partial charge in [0.15, 0.2) is 9.84 Å². The molecule has 1 rings (SSSR count). The zero-order chi connectivity index (χ0) is 11.6. The van der Waals surface area contributed by atoms with Crippen molar-refractivity contribution in [2.24, 2.45) is 0 Å². The van der Waals surface area contributed by atoms with Gasteiger partial charge in [0.05, 0.1) is 5.25 Å². The maximum atomic E-state index is 11.6. The molecule has 2 atom stereocenters. The van der Waals surface area contributed by atoms with Crippen LogP contribution in [0, 0.1) is 0 Å². The molecule has 0 heterocycles. The molecule has 0 N–H and O–H groups in total. The molecule has 0 amide bonds. The standard InChI is InChI=1S/C10H18ClNO2S/c1-8(11)7-12(2)9-5-4-6-10(9)15(3,13)14/h9-10H,1,4-7H2,2-3H3. The maximum absolute atomic E-state index is 11.6. The first-order chi connectivity index (χ1) is 6.82. The molecule has 0 radical (unpaired) electrons. The molecule has 88 valence electrons. The van der Waals surface area contributed by atoms with Gasteiger partial charge in [0.1, 0.15) is 0 Å². The Balaban J connectivity index is 2.72. The average Bonchev–Trinajstić information content (AvgIpc) is 2.48. The Morgan fingerprint density at radius 3 is 2.60 bits per heavy atom. The van der Waals surface area contributed by atoms with Crippen LogP contribution in [0.15, 0.2) is 11.6 Å². The van der Waals surface area contributed by atoms with Gasteiger partial charge in [-0.2, -0.15) is 0 Å². The van der Waals surface area contributed by atoms with Crippen LogP contribution in [-0.4, -0.2) is 44.5 Å². The van der Waals surface area contributed by atoms with Crippen LogP contribution >= 0.6 is 11.6 Å². The van der Waals surface area contributed by atoms with Gasteiger partial charge in [0.2, 0.25) is 0 Å². The second-order valence-electron chi connectivity index (χ2n) is 4.30. The Bertz CT molecular complexity index is 339. The highest BCUT2D eigenvalue weighted by atomic mass is 35.5. The van der Waals surface area contributed by atoms with E-state index in [4.69, 9.17) is 11.6 Å². The molecule has 0 aromatic heterocycles. The van der Waals surface area contributed by atoms with Crippen LogP contribution in [0.4, 0.5) is 0 Å². The lowest BCUT2D eigenvalue weighted by molar-refractivity contribution is 0.270. The smallest absolute Gasteiger partial charge is 0.151 e. The van der Waals surface area contributed by atoms with Crippen molar-refractivity contribution in [3.05, 3.63) is 11.6 Å². The summed E-state index contributed by atoms with van der Waals surface area (Å²) in [6.45, 7) is 4.18. The lowest BCUT2D eigenvalue weighted by Gasteiger charge is -2.28. The topological polar surface area (TPSA) is 37.4 Å². The van der Waals surface area contributed by atoms with E-state index in [-0.39, 0.29) is 11.3 Å². The molecule has 0 aromatic carbocycles. The van der Waals surface area contributed by atoms with Crippen LogP contribution in [0.25, 0.3) is 0 Å². The van der Waals surface area contributed by atoms with Gasteiger partial charge in [0.25, 0.3) is 0 Å². The van der Waals surface area contributed by atoms with Crippen molar-refractivity contribution in [3.8, 4) is 0 Å². The molecule has 15 heavy (non-hydrogen) atoms. The lowest BCUT2D eigenvalue weighted by atomic mass is 10.2. The van der Waals surface area contributed by atoms with Crippen LogP contribution in [-0.2, 0) is 9.84 Å². The van der Waals surface area contributed by atoms with Crippen molar-refractivity contribution < 1.29 is 8.42 Å². The monoisotopic (exact) mass is 251 g/mol. The summed E-state index contributed by atoms with van der Waals surface area (Å²) in [6, 6.07) is 0.0931. The molecular weight excluding hydrogens is 234 g/mol. The van der Waals surface area contributed by atoms with E-state index >= 15 is 0 Å². The van der Waals surface area contributed by atoms with Gasteiger partial charge in [0, 0.05) is 23.9 Å². The lowest BCUT2D eigenvalue weighted by Crippen LogP contribution is -2.41. The zero-order valence-corrected chi connectivity index (χ0v) is 10.8. The molecule has 1 fully saturated rings. The molecule has 0 aliphatic heterocycles. The number of nitrogens with zero attached hydrogens (tertiary/aromatic N) is 1. The van der Waals surface area contributed by atoms with Gasteiger partial charge in [-0.15, -0.1) is 0 Å². The van der Waals surface area contributed by atoms with Crippen LogP contribution in [0.2, 0.25) is 0 Å². The third-order valence-corrected chi connectivity index (χ3v) is 4.72. The van der Waals surface area contributed by atoms with E-state index in [1.807, 2.05) is 11.9 Å². The summed E-state index contributed by atoms with van der Waals surface area (Å²) >= 11 is 5.73. The first-order valence-corrected chi connectivity index (χ1v) is 7.38. The van der Waals surface area contributed by atoms with Gasteiger partial charge >= 0.3 is 0 Å². The molecule has 3 nitrogen and oxygen atoms in total.